The molecule has 164 valence electrons. The van der Waals surface area contributed by atoms with Gasteiger partial charge in [0.05, 0.1) is 0 Å². The lowest BCUT2D eigenvalue weighted by Gasteiger charge is -2.12. The molecule has 0 aliphatic heterocycles. The molecule has 0 aromatic heterocycles. The summed E-state index contributed by atoms with van der Waals surface area (Å²) in [6, 6.07) is 16.2. The first-order valence-corrected chi connectivity index (χ1v) is 11.2. The number of phenolic OH excluding ortho intramolecular Hbond substituents is 1. The number of rotatable bonds is 10. The molecule has 1 unspecified atom stereocenters. The van der Waals surface area contributed by atoms with Gasteiger partial charge >= 0.3 is 0 Å². The monoisotopic (exact) mass is 402 g/mol. The Balaban J connectivity index is 0.000000841. The van der Waals surface area contributed by atoms with Crippen molar-refractivity contribution in [2.45, 2.75) is 91.4 Å². The van der Waals surface area contributed by atoms with Crippen LogP contribution in [0.25, 0.3) is 11.1 Å². The minimum atomic E-state index is 0.316. The van der Waals surface area contributed by atoms with E-state index in [0.29, 0.717) is 11.7 Å². The van der Waals surface area contributed by atoms with Crippen LogP contribution < -0.4 is 0 Å². The van der Waals surface area contributed by atoms with E-state index < -0.39 is 0 Å². The van der Waals surface area contributed by atoms with Gasteiger partial charge in [-0.15, -0.1) is 0 Å². The normalized spacial score (nSPS) is 11.0. The van der Waals surface area contributed by atoms with Crippen LogP contribution in [-0.2, 0) is 0 Å². The third-order valence-electron chi connectivity index (χ3n) is 5.13. The van der Waals surface area contributed by atoms with Crippen molar-refractivity contribution in [2.24, 2.45) is 0 Å². The fourth-order valence-electron chi connectivity index (χ4n) is 3.20. The lowest BCUT2D eigenvalue weighted by molar-refractivity contribution is -0.176. The largest absolute Gasteiger partial charge is 0.508 e. The van der Waals surface area contributed by atoms with Gasteiger partial charge in [-0.1, -0.05) is 115 Å². The molecule has 0 saturated heterocycles. The molecule has 3 N–H and O–H groups in total. The van der Waals surface area contributed by atoms with Gasteiger partial charge in [0.25, 0.3) is 0 Å². The number of hydrogen-bond donors (Lipinski definition) is 3. The van der Waals surface area contributed by atoms with Crippen LogP contribution in [0.15, 0.2) is 48.5 Å². The first-order chi connectivity index (χ1) is 14.1. The Bertz CT molecular complexity index is 586. The Kier molecular flexibility index (Phi) is 17.1. The highest BCUT2D eigenvalue weighted by molar-refractivity contribution is 5.64. The first kappa shape index (κ1) is 27.2. The van der Waals surface area contributed by atoms with Crippen molar-refractivity contribution >= 4 is 0 Å². The summed E-state index contributed by atoms with van der Waals surface area (Å²) in [5.74, 6) is 0.951. The second-order valence-electron chi connectivity index (χ2n) is 7.63. The molecule has 0 aliphatic carbocycles. The molecule has 2 rings (SSSR count). The van der Waals surface area contributed by atoms with Crippen molar-refractivity contribution in [3.63, 3.8) is 0 Å². The molecule has 0 aliphatic rings. The first-order valence-electron chi connectivity index (χ1n) is 11.2. The van der Waals surface area contributed by atoms with Crippen LogP contribution in [0.3, 0.4) is 0 Å². The SMILES string of the molecule is CCCCCC.CCCCCCC(C)c1ccc(-c2ccc(O)cc2)cc1.OO. The average Bonchev–Trinajstić information content (AvgIpc) is 2.77. The van der Waals surface area contributed by atoms with Crippen LogP contribution in [0.4, 0.5) is 0 Å². The van der Waals surface area contributed by atoms with Crippen molar-refractivity contribution in [1.29, 1.82) is 0 Å². The third kappa shape index (κ3) is 12.4. The molecule has 0 spiro atoms. The van der Waals surface area contributed by atoms with E-state index in [-0.39, 0.29) is 0 Å². The van der Waals surface area contributed by atoms with Crippen molar-refractivity contribution in [3.8, 4) is 16.9 Å². The summed E-state index contributed by atoms with van der Waals surface area (Å²) in [5, 5.41) is 21.3. The highest BCUT2D eigenvalue weighted by Gasteiger charge is 2.06. The second kappa shape index (κ2) is 18.2. The number of phenols is 1. The summed E-state index contributed by atoms with van der Waals surface area (Å²) in [6.07, 6.45) is 12.1. The predicted molar refractivity (Wildman–Crippen MR) is 126 cm³/mol. The molecule has 0 saturated carbocycles. The van der Waals surface area contributed by atoms with Crippen LogP contribution in [0, 0.1) is 0 Å². The quantitative estimate of drug-likeness (QED) is 0.211. The van der Waals surface area contributed by atoms with Crippen LogP contribution in [0.1, 0.15) is 97.0 Å². The molecule has 3 heteroatoms. The molecule has 0 fully saturated rings. The Hall–Kier alpha value is -1.84. The Morgan fingerprint density at radius 2 is 1.03 bits per heavy atom. The van der Waals surface area contributed by atoms with Crippen LogP contribution >= 0.6 is 0 Å². The zero-order valence-corrected chi connectivity index (χ0v) is 18.9. The van der Waals surface area contributed by atoms with E-state index in [1.807, 2.05) is 12.1 Å². The van der Waals surface area contributed by atoms with E-state index >= 15 is 0 Å². The topological polar surface area (TPSA) is 60.7 Å². The van der Waals surface area contributed by atoms with Crippen molar-refractivity contribution in [3.05, 3.63) is 54.1 Å². The highest BCUT2D eigenvalue weighted by atomic mass is 17.0. The Morgan fingerprint density at radius 1 is 0.621 bits per heavy atom. The Labute approximate surface area is 178 Å². The molecule has 0 heterocycles. The maximum Gasteiger partial charge on any atom is 0.115 e. The number of unbranched alkanes of at least 4 members (excludes halogenated alkanes) is 6. The number of aromatic hydroxyl groups is 1. The molecule has 2 aromatic rings. The van der Waals surface area contributed by atoms with Gasteiger partial charge in [0.15, 0.2) is 0 Å². The van der Waals surface area contributed by atoms with Gasteiger partial charge in [0.2, 0.25) is 0 Å². The average molecular weight is 403 g/mol. The van der Waals surface area contributed by atoms with E-state index in [2.05, 4.69) is 52.0 Å². The van der Waals surface area contributed by atoms with Crippen molar-refractivity contribution in [2.75, 3.05) is 0 Å². The van der Waals surface area contributed by atoms with Gasteiger partial charge < -0.3 is 5.11 Å². The number of hydrogen-bond acceptors (Lipinski definition) is 3. The lowest BCUT2D eigenvalue weighted by Crippen LogP contribution is -1.93. The smallest absolute Gasteiger partial charge is 0.115 e. The third-order valence-corrected chi connectivity index (χ3v) is 5.13. The zero-order chi connectivity index (χ0) is 21.9. The minimum absolute atomic E-state index is 0.316. The van der Waals surface area contributed by atoms with E-state index in [1.54, 1.807) is 12.1 Å². The van der Waals surface area contributed by atoms with E-state index in [9.17, 15) is 5.11 Å². The summed E-state index contributed by atoms with van der Waals surface area (Å²) >= 11 is 0. The lowest BCUT2D eigenvalue weighted by atomic mass is 9.93. The van der Waals surface area contributed by atoms with Gasteiger partial charge in [0, 0.05) is 0 Å². The van der Waals surface area contributed by atoms with Gasteiger partial charge in [0.1, 0.15) is 5.75 Å². The second-order valence-corrected chi connectivity index (χ2v) is 7.63. The van der Waals surface area contributed by atoms with Gasteiger partial charge in [-0.3, -0.25) is 10.5 Å². The molecule has 29 heavy (non-hydrogen) atoms. The van der Waals surface area contributed by atoms with Gasteiger partial charge in [-0.05, 0) is 41.2 Å². The Morgan fingerprint density at radius 3 is 1.48 bits per heavy atom. The minimum Gasteiger partial charge on any atom is -0.508 e. The fourth-order valence-corrected chi connectivity index (χ4v) is 3.20. The number of benzene rings is 2. The summed E-state index contributed by atoms with van der Waals surface area (Å²) in [5.41, 5.74) is 3.78. The molecule has 0 radical (unpaired) electrons. The zero-order valence-electron chi connectivity index (χ0n) is 18.9. The molecular weight excluding hydrogens is 360 g/mol. The summed E-state index contributed by atoms with van der Waals surface area (Å²) in [6.45, 7) is 9.04. The standard InChI is InChI=1S/C20H26O.C6H14.H2O2/c1-3-4-5-6-7-16(2)17-8-10-18(11-9-17)19-12-14-20(21)15-13-19;1-3-5-6-4-2;1-2/h8-16,21H,3-7H2,1-2H3;3-6H2,1-2H3;1-2H. The highest BCUT2D eigenvalue weighted by Crippen LogP contribution is 2.26. The van der Waals surface area contributed by atoms with Gasteiger partial charge in [-0.2, -0.15) is 0 Å². The molecule has 2 aromatic carbocycles. The van der Waals surface area contributed by atoms with Crippen molar-refractivity contribution < 1.29 is 15.6 Å². The maximum absolute atomic E-state index is 9.34. The van der Waals surface area contributed by atoms with E-state index in [0.717, 1.165) is 5.56 Å². The molecule has 1 atom stereocenters. The molecule has 0 amide bonds. The summed E-state index contributed by atoms with van der Waals surface area (Å²) in [4.78, 5) is 0. The van der Waals surface area contributed by atoms with Crippen molar-refractivity contribution in [1.82, 2.24) is 0 Å². The fraction of sp³-hybridized carbons (Fsp3) is 0.538. The van der Waals surface area contributed by atoms with Crippen LogP contribution in [0.2, 0.25) is 0 Å². The van der Waals surface area contributed by atoms with Crippen LogP contribution in [-0.4, -0.2) is 15.6 Å². The maximum atomic E-state index is 9.34. The van der Waals surface area contributed by atoms with E-state index in [1.165, 1.54) is 68.9 Å². The predicted octanol–water partition coefficient (Wildman–Crippen LogP) is 8.74. The summed E-state index contributed by atoms with van der Waals surface area (Å²) in [7, 11) is 0. The van der Waals surface area contributed by atoms with E-state index in [4.69, 9.17) is 10.5 Å². The molecule has 3 nitrogen and oxygen atoms in total. The molecule has 0 bridgehead atoms. The van der Waals surface area contributed by atoms with Crippen LogP contribution in [0.5, 0.6) is 5.75 Å². The summed E-state index contributed by atoms with van der Waals surface area (Å²) < 4.78 is 0. The molecular formula is C26H42O3. The van der Waals surface area contributed by atoms with Gasteiger partial charge in [-0.25, -0.2) is 0 Å².